The molecule has 0 saturated carbocycles. The minimum Gasteiger partial charge on any atom is -0.542 e. The first-order chi connectivity index (χ1) is 1.91. The van der Waals surface area contributed by atoms with Crippen molar-refractivity contribution in [3.63, 3.8) is 0 Å². The molecule has 0 rings (SSSR count). The van der Waals surface area contributed by atoms with Crippen LogP contribution in [0, 0.1) is 5.41 Å². The summed E-state index contributed by atoms with van der Waals surface area (Å²) in [6, 6.07) is 0. The average molecular weight is 74.1 g/mol. The second kappa shape index (κ2) is 2.69. The van der Waals surface area contributed by atoms with Crippen LogP contribution in [0.5, 0.6) is 0 Å². The van der Waals surface area contributed by atoms with Crippen molar-refractivity contribution in [1.29, 1.82) is 5.41 Å². The molecule has 0 heterocycles. The quantitative estimate of drug-likeness (QED) is 0.245. The summed E-state index contributed by atoms with van der Waals surface area (Å²) in [6.07, 6.45) is 0.887. The summed E-state index contributed by atoms with van der Waals surface area (Å²) >= 11 is 0. The van der Waals surface area contributed by atoms with E-state index in [4.69, 9.17) is 5.41 Å². The predicted molar refractivity (Wildman–Crippen MR) is 18.4 cm³/mol. The molecule has 0 saturated heterocycles. The van der Waals surface area contributed by atoms with E-state index in [1.165, 1.54) is 10.5 Å². The smallest absolute Gasteiger partial charge is 0.245 e. The Morgan fingerprint density at radius 3 is 2.25 bits per heavy atom. The molecular formula is CH4NOSi. The van der Waals surface area contributed by atoms with Gasteiger partial charge in [0.2, 0.25) is 10.5 Å². The highest BCUT2D eigenvalue weighted by molar-refractivity contribution is 6.02. The normalized spacial score (nSPS) is 5.25. The summed E-state index contributed by atoms with van der Waals surface area (Å²) in [7, 11) is 1.28. The molecule has 0 aromatic rings. The van der Waals surface area contributed by atoms with E-state index >= 15 is 0 Å². The molecule has 0 aliphatic heterocycles. The summed E-state index contributed by atoms with van der Waals surface area (Å²) in [4.78, 5) is 0. The molecule has 3 heteroatoms. The fraction of sp³-hybridized carbons (Fsp3) is 0. The lowest BCUT2D eigenvalue weighted by Crippen LogP contribution is -1.70. The van der Waals surface area contributed by atoms with Crippen molar-refractivity contribution >= 4 is 16.9 Å². The van der Waals surface area contributed by atoms with E-state index in [-0.39, 0.29) is 0 Å². The molecule has 0 fully saturated rings. The van der Waals surface area contributed by atoms with Gasteiger partial charge in [-0.25, -0.2) is 0 Å². The number of nitrogens with one attached hydrogen (secondary N) is 1. The second-order valence-corrected chi connectivity index (χ2v) is 0.618. The van der Waals surface area contributed by atoms with Gasteiger partial charge in [0.1, 0.15) is 0 Å². The van der Waals surface area contributed by atoms with Gasteiger partial charge in [-0.1, -0.05) is 0 Å². The largest absolute Gasteiger partial charge is 0.542 e. The topological polar surface area (TPSA) is 33.1 Å². The Bertz CT molecular complexity index is 22.0. The first kappa shape index (κ1) is 3.69. The number of hydrogen-bond acceptors (Lipinski definition) is 2. The molecular weight excluding hydrogens is 70.1 g/mol. The minimum absolute atomic E-state index is 0.887. The van der Waals surface area contributed by atoms with Gasteiger partial charge in [0.25, 0.3) is 0 Å². The molecule has 2 nitrogen and oxygen atoms in total. The average Bonchev–Trinajstić information content (AvgIpc) is 1.37. The van der Waals surface area contributed by atoms with Crippen molar-refractivity contribution in [2.45, 2.75) is 0 Å². The van der Waals surface area contributed by atoms with E-state index in [9.17, 15) is 0 Å². The maximum atomic E-state index is 6.11. The third-order valence-corrected chi connectivity index (χ3v) is 0.250. The SMILES string of the molecule is N=CO[SiH2]. The maximum Gasteiger partial charge on any atom is 0.245 e. The minimum atomic E-state index is 0.887. The van der Waals surface area contributed by atoms with Gasteiger partial charge in [-0.15, -0.1) is 0 Å². The Hall–Kier alpha value is -0.313. The molecule has 0 amide bonds. The van der Waals surface area contributed by atoms with Crippen molar-refractivity contribution in [3.8, 4) is 0 Å². The van der Waals surface area contributed by atoms with Gasteiger partial charge in [-0.3, -0.25) is 5.41 Å². The van der Waals surface area contributed by atoms with E-state index in [1.807, 2.05) is 0 Å². The van der Waals surface area contributed by atoms with Crippen LogP contribution in [0.2, 0.25) is 0 Å². The highest BCUT2D eigenvalue weighted by Gasteiger charge is 1.39. The van der Waals surface area contributed by atoms with Gasteiger partial charge in [0, 0.05) is 0 Å². The van der Waals surface area contributed by atoms with Crippen LogP contribution >= 0.6 is 0 Å². The van der Waals surface area contributed by atoms with E-state index in [0.717, 1.165) is 6.40 Å². The van der Waals surface area contributed by atoms with Crippen LogP contribution in [0.4, 0.5) is 0 Å². The van der Waals surface area contributed by atoms with Crippen molar-refractivity contribution in [3.05, 3.63) is 0 Å². The van der Waals surface area contributed by atoms with Crippen LogP contribution in [0.15, 0.2) is 0 Å². The Morgan fingerprint density at radius 2 is 2.25 bits per heavy atom. The maximum absolute atomic E-state index is 6.11. The fourth-order valence-electron chi connectivity index (χ4n) is 0. The van der Waals surface area contributed by atoms with Gasteiger partial charge >= 0.3 is 0 Å². The Kier molecular flexibility index (Phi) is 2.48. The van der Waals surface area contributed by atoms with Crippen LogP contribution < -0.4 is 0 Å². The Balaban J connectivity index is 2.30. The number of hydrogen-bond donors (Lipinski definition) is 1. The van der Waals surface area contributed by atoms with Gasteiger partial charge in [-0.05, 0) is 0 Å². The highest BCUT2D eigenvalue weighted by atomic mass is 28.2. The van der Waals surface area contributed by atoms with E-state index < -0.39 is 0 Å². The molecule has 0 unspecified atom stereocenters. The fourth-order valence-corrected chi connectivity index (χ4v) is 0. The summed E-state index contributed by atoms with van der Waals surface area (Å²) in [5, 5.41) is 6.11. The standard InChI is InChI=1S/CH4NOSi/c2-1-3-4/h1-2H,4H2. The molecule has 0 atom stereocenters. The van der Waals surface area contributed by atoms with E-state index in [1.54, 1.807) is 0 Å². The monoisotopic (exact) mass is 74.0 g/mol. The van der Waals surface area contributed by atoms with Gasteiger partial charge < -0.3 is 4.43 Å². The van der Waals surface area contributed by atoms with Crippen molar-refractivity contribution in [1.82, 2.24) is 0 Å². The van der Waals surface area contributed by atoms with Crippen molar-refractivity contribution in [2.24, 2.45) is 0 Å². The molecule has 0 spiro atoms. The molecule has 0 aromatic heterocycles. The molecule has 1 N–H and O–H groups in total. The zero-order valence-electron chi connectivity index (χ0n) is 2.19. The second-order valence-electron chi connectivity index (χ2n) is 0.285. The lowest BCUT2D eigenvalue weighted by Gasteiger charge is -1.71. The van der Waals surface area contributed by atoms with Crippen molar-refractivity contribution < 1.29 is 4.43 Å². The van der Waals surface area contributed by atoms with Crippen LogP contribution in [0.1, 0.15) is 0 Å². The molecule has 23 valence electrons. The molecule has 0 aliphatic carbocycles. The van der Waals surface area contributed by atoms with Crippen LogP contribution in [-0.2, 0) is 4.43 Å². The Labute approximate surface area is 27.8 Å². The van der Waals surface area contributed by atoms with Crippen LogP contribution in [0.25, 0.3) is 0 Å². The third-order valence-electron chi connectivity index (χ3n) is 0.0833. The molecule has 1 radical (unpaired) electrons. The molecule has 0 aliphatic rings. The number of rotatable bonds is 1. The predicted octanol–water partition coefficient (Wildman–Crippen LogP) is -0.842. The zero-order valence-corrected chi connectivity index (χ0v) is 3.61. The summed E-state index contributed by atoms with van der Waals surface area (Å²) < 4.78 is 4.11. The summed E-state index contributed by atoms with van der Waals surface area (Å²) in [5.41, 5.74) is 0. The van der Waals surface area contributed by atoms with E-state index in [0.29, 0.717) is 0 Å². The molecule has 0 bridgehead atoms. The first-order valence-corrected chi connectivity index (χ1v) is 1.39. The molecule has 0 aromatic carbocycles. The lowest BCUT2D eigenvalue weighted by atomic mass is 11.6. The summed E-state index contributed by atoms with van der Waals surface area (Å²) in [6.45, 7) is 0. The van der Waals surface area contributed by atoms with Gasteiger partial charge in [0.15, 0.2) is 6.40 Å². The zero-order chi connectivity index (χ0) is 3.41. The van der Waals surface area contributed by atoms with Gasteiger partial charge in [0.05, 0.1) is 0 Å². The Morgan fingerprint density at radius 1 is 2.00 bits per heavy atom. The first-order valence-electron chi connectivity index (χ1n) is 0.813. The molecule has 4 heavy (non-hydrogen) atoms. The van der Waals surface area contributed by atoms with Crippen LogP contribution in [-0.4, -0.2) is 16.9 Å². The third kappa shape index (κ3) is 1.69. The summed E-state index contributed by atoms with van der Waals surface area (Å²) in [5.74, 6) is 0. The highest BCUT2D eigenvalue weighted by Crippen LogP contribution is 1.34. The van der Waals surface area contributed by atoms with Gasteiger partial charge in [-0.2, -0.15) is 0 Å². The van der Waals surface area contributed by atoms with E-state index in [2.05, 4.69) is 4.43 Å². The lowest BCUT2D eigenvalue weighted by molar-refractivity contribution is 0.635. The van der Waals surface area contributed by atoms with Crippen molar-refractivity contribution in [2.75, 3.05) is 0 Å². The van der Waals surface area contributed by atoms with Crippen LogP contribution in [0.3, 0.4) is 0 Å².